The van der Waals surface area contributed by atoms with Gasteiger partial charge in [0.15, 0.2) is 0 Å². The second kappa shape index (κ2) is 10.5. The van der Waals surface area contributed by atoms with E-state index in [2.05, 4.69) is 19.9 Å². The standard InChI is InChI=1S/C17H28NO3/c1-3-5-9-20-12-14(13-21-10-6-4-2)16-11-15(19)7-8-17(16)18/h8,11,14,19H,3-6,9-10,12-13,18H2,1-2H3. The van der Waals surface area contributed by atoms with Crippen molar-refractivity contribution in [2.75, 3.05) is 32.2 Å². The highest BCUT2D eigenvalue weighted by Gasteiger charge is 2.16. The van der Waals surface area contributed by atoms with Gasteiger partial charge in [0.25, 0.3) is 0 Å². The molecule has 0 fully saturated rings. The molecule has 0 saturated carbocycles. The number of phenols is 1. The summed E-state index contributed by atoms with van der Waals surface area (Å²) in [6.45, 7) is 6.87. The quantitative estimate of drug-likeness (QED) is 0.372. The maximum atomic E-state index is 9.61. The Morgan fingerprint density at radius 1 is 1.14 bits per heavy atom. The van der Waals surface area contributed by atoms with Crippen molar-refractivity contribution < 1.29 is 14.6 Å². The lowest BCUT2D eigenvalue weighted by Gasteiger charge is -2.19. The Morgan fingerprint density at radius 2 is 1.71 bits per heavy atom. The van der Waals surface area contributed by atoms with Gasteiger partial charge in [0.2, 0.25) is 0 Å². The average molecular weight is 294 g/mol. The molecule has 4 heteroatoms. The van der Waals surface area contributed by atoms with Crippen LogP contribution >= 0.6 is 0 Å². The number of unbranched alkanes of at least 4 members (excludes halogenated alkanes) is 2. The Labute approximate surface area is 128 Å². The summed E-state index contributed by atoms with van der Waals surface area (Å²) in [5.74, 6) is 0.144. The molecule has 0 aliphatic carbocycles. The van der Waals surface area contributed by atoms with E-state index < -0.39 is 0 Å². The van der Waals surface area contributed by atoms with Gasteiger partial charge < -0.3 is 20.3 Å². The predicted molar refractivity (Wildman–Crippen MR) is 85.6 cm³/mol. The van der Waals surface area contributed by atoms with Crippen molar-refractivity contribution in [2.24, 2.45) is 0 Å². The minimum absolute atomic E-state index is 0.0409. The molecule has 0 heterocycles. The minimum atomic E-state index is 0.0409. The molecule has 4 nitrogen and oxygen atoms in total. The molecule has 1 rings (SSSR count). The van der Waals surface area contributed by atoms with Crippen LogP contribution < -0.4 is 5.73 Å². The second-order valence-corrected chi connectivity index (χ2v) is 5.28. The summed E-state index contributed by atoms with van der Waals surface area (Å²) in [5.41, 5.74) is 7.49. The first kappa shape index (κ1) is 17.8. The number of hydrogen-bond donors (Lipinski definition) is 2. The zero-order valence-corrected chi connectivity index (χ0v) is 13.2. The number of phenolic OH excluding ortho intramolecular Hbond substituents is 1. The van der Waals surface area contributed by atoms with Crippen molar-refractivity contribution in [3.8, 4) is 5.75 Å². The molecule has 21 heavy (non-hydrogen) atoms. The van der Waals surface area contributed by atoms with Gasteiger partial charge in [-0.3, -0.25) is 0 Å². The van der Waals surface area contributed by atoms with Crippen molar-refractivity contribution in [1.82, 2.24) is 0 Å². The van der Waals surface area contributed by atoms with Crippen LogP contribution in [0.4, 0.5) is 5.69 Å². The number of nitrogens with two attached hydrogens (primary N) is 1. The second-order valence-electron chi connectivity index (χ2n) is 5.28. The topological polar surface area (TPSA) is 64.7 Å². The van der Waals surface area contributed by atoms with Gasteiger partial charge in [0.05, 0.1) is 13.2 Å². The van der Waals surface area contributed by atoms with E-state index in [1.165, 1.54) is 0 Å². The third kappa shape index (κ3) is 6.82. The van der Waals surface area contributed by atoms with Crippen molar-refractivity contribution in [1.29, 1.82) is 0 Å². The van der Waals surface area contributed by atoms with Crippen LogP contribution in [0.25, 0.3) is 0 Å². The fourth-order valence-electron chi connectivity index (χ4n) is 2.03. The molecule has 0 saturated heterocycles. The summed E-state index contributed by atoms with van der Waals surface area (Å²) >= 11 is 0. The minimum Gasteiger partial charge on any atom is -0.507 e. The summed E-state index contributed by atoms with van der Waals surface area (Å²) in [5, 5.41) is 9.61. The van der Waals surface area contributed by atoms with E-state index in [1.807, 2.05) is 0 Å². The largest absolute Gasteiger partial charge is 0.507 e. The summed E-state index contributed by atoms with van der Waals surface area (Å²) in [4.78, 5) is 0. The molecule has 0 bridgehead atoms. The Balaban J connectivity index is 2.63. The third-order valence-corrected chi connectivity index (χ3v) is 3.36. The fourth-order valence-corrected chi connectivity index (χ4v) is 2.03. The maximum absolute atomic E-state index is 9.61. The van der Waals surface area contributed by atoms with E-state index in [0.29, 0.717) is 18.9 Å². The van der Waals surface area contributed by atoms with Crippen LogP contribution in [0, 0.1) is 6.07 Å². The van der Waals surface area contributed by atoms with Gasteiger partial charge in [-0.2, -0.15) is 0 Å². The number of nitrogen functional groups attached to an aromatic ring is 1. The van der Waals surface area contributed by atoms with Crippen LogP contribution in [0.5, 0.6) is 5.75 Å². The Hall–Kier alpha value is -1.26. The van der Waals surface area contributed by atoms with Crippen molar-refractivity contribution in [2.45, 2.75) is 45.4 Å². The van der Waals surface area contributed by atoms with E-state index in [4.69, 9.17) is 15.2 Å². The van der Waals surface area contributed by atoms with Gasteiger partial charge in [-0.25, -0.2) is 0 Å². The molecule has 0 aromatic heterocycles. The lowest BCUT2D eigenvalue weighted by atomic mass is 9.98. The van der Waals surface area contributed by atoms with Crippen LogP contribution in [0.15, 0.2) is 12.1 Å². The molecule has 0 unspecified atom stereocenters. The first-order chi connectivity index (χ1) is 10.2. The number of rotatable bonds is 11. The van der Waals surface area contributed by atoms with Crippen LogP contribution in [-0.4, -0.2) is 31.5 Å². The molecule has 1 aromatic carbocycles. The van der Waals surface area contributed by atoms with Crippen molar-refractivity contribution in [3.63, 3.8) is 0 Å². The van der Waals surface area contributed by atoms with Crippen molar-refractivity contribution in [3.05, 3.63) is 23.8 Å². The highest BCUT2D eigenvalue weighted by atomic mass is 16.5. The maximum Gasteiger partial charge on any atom is 0.123 e. The highest BCUT2D eigenvalue weighted by Crippen LogP contribution is 2.27. The molecule has 1 radical (unpaired) electrons. The number of benzene rings is 1. The van der Waals surface area contributed by atoms with E-state index in [1.54, 1.807) is 12.1 Å². The normalized spacial score (nSPS) is 11.2. The van der Waals surface area contributed by atoms with Crippen LogP contribution in [0.2, 0.25) is 0 Å². The molecule has 0 amide bonds. The average Bonchev–Trinajstić information content (AvgIpc) is 2.48. The molecule has 3 N–H and O–H groups in total. The van der Waals surface area contributed by atoms with Crippen LogP contribution in [0.3, 0.4) is 0 Å². The first-order valence-electron chi connectivity index (χ1n) is 7.84. The van der Waals surface area contributed by atoms with E-state index >= 15 is 0 Å². The number of anilines is 1. The predicted octanol–water partition coefficient (Wildman–Crippen LogP) is 3.49. The number of aromatic hydroxyl groups is 1. The molecule has 0 aliphatic rings. The third-order valence-electron chi connectivity index (χ3n) is 3.36. The SMILES string of the molecule is CCCCOCC(COCCCC)c1cc(O)[c]cc1N. The van der Waals surface area contributed by atoms with Gasteiger partial charge in [-0.15, -0.1) is 0 Å². The summed E-state index contributed by atoms with van der Waals surface area (Å²) in [6.07, 6.45) is 4.32. The van der Waals surface area contributed by atoms with E-state index in [0.717, 1.165) is 44.5 Å². The molecular formula is C17H28NO3. The molecule has 1 aromatic rings. The van der Waals surface area contributed by atoms with Crippen LogP contribution in [-0.2, 0) is 9.47 Å². The smallest absolute Gasteiger partial charge is 0.123 e. The Kier molecular flexibility index (Phi) is 8.87. The van der Waals surface area contributed by atoms with E-state index in [9.17, 15) is 5.11 Å². The van der Waals surface area contributed by atoms with Gasteiger partial charge >= 0.3 is 0 Å². The zero-order valence-electron chi connectivity index (χ0n) is 13.2. The molecular weight excluding hydrogens is 266 g/mol. The number of hydrogen-bond acceptors (Lipinski definition) is 4. The zero-order chi connectivity index (χ0) is 15.5. The highest BCUT2D eigenvalue weighted by molar-refractivity contribution is 5.51. The summed E-state index contributed by atoms with van der Waals surface area (Å²) in [6, 6.07) is 5.96. The van der Waals surface area contributed by atoms with Gasteiger partial charge in [-0.05, 0) is 30.5 Å². The monoisotopic (exact) mass is 294 g/mol. The number of ether oxygens (including phenoxy) is 2. The van der Waals surface area contributed by atoms with E-state index in [-0.39, 0.29) is 11.7 Å². The molecule has 0 aliphatic heterocycles. The molecule has 119 valence electrons. The fraction of sp³-hybridized carbons (Fsp3) is 0.647. The molecule has 0 spiro atoms. The van der Waals surface area contributed by atoms with Gasteiger partial charge in [0.1, 0.15) is 5.75 Å². The lowest BCUT2D eigenvalue weighted by molar-refractivity contribution is 0.0636. The van der Waals surface area contributed by atoms with Gasteiger partial charge in [-0.1, -0.05) is 26.7 Å². The van der Waals surface area contributed by atoms with Crippen LogP contribution in [0.1, 0.15) is 51.0 Å². The lowest BCUT2D eigenvalue weighted by Crippen LogP contribution is -2.17. The summed E-state index contributed by atoms with van der Waals surface area (Å²) < 4.78 is 11.4. The Morgan fingerprint density at radius 3 is 2.24 bits per heavy atom. The van der Waals surface area contributed by atoms with Crippen molar-refractivity contribution >= 4 is 5.69 Å². The summed E-state index contributed by atoms with van der Waals surface area (Å²) in [7, 11) is 0. The Bertz CT molecular complexity index is 384. The first-order valence-corrected chi connectivity index (χ1v) is 7.84. The van der Waals surface area contributed by atoms with Gasteiger partial charge in [0, 0.05) is 30.9 Å². The molecule has 0 atom stereocenters.